The van der Waals surface area contributed by atoms with Gasteiger partial charge in [-0.15, -0.1) is 0 Å². The first kappa shape index (κ1) is 9.52. The van der Waals surface area contributed by atoms with Gasteiger partial charge >= 0.3 is 0 Å². The minimum absolute atomic E-state index is 0.113. The van der Waals surface area contributed by atoms with Gasteiger partial charge in [0, 0.05) is 6.04 Å². The highest BCUT2D eigenvalue weighted by Crippen LogP contribution is 2.20. The summed E-state index contributed by atoms with van der Waals surface area (Å²) in [6.45, 7) is 4.20. The maximum Gasteiger partial charge on any atom is 0.234 e. The summed E-state index contributed by atoms with van der Waals surface area (Å²) >= 11 is 0. The molecule has 12 heavy (non-hydrogen) atoms. The van der Waals surface area contributed by atoms with Gasteiger partial charge in [0.1, 0.15) is 0 Å². The second-order valence-electron chi connectivity index (χ2n) is 4.03. The van der Waals surface area contributed by atoms with Gasteiger partial charge in [-0.2, -0.15) is 0 Å². The molecule has 0 bridgehead atoms. The Morgan fingerprint density at radius 1 is 1.58 bits per heavy atom. The van der Waals surface area contributed by atoms with Crippen LogP contribution in [0.5, 0.6) is 0 Å². The Balaban J connectivity index is 2.31. The fourth-order valence-electron chi connectivity index (χ4n) is 1.27. The van der Waals surface area contributed by atoms with E-state index in [-0.39, 0.29) is 11.9 Å². The predicted molar refractivity (Wildman–Crippen MR) is 48.6 cm³/mol. The van der Waals surface area contributed by atoms with E-state index in [9.17, 15) is 4.79 Å². The van der Waals surface area contributed by atoms with E-state index in [1.165, 1.54) is 12.8 Å². The van der Waals surface area contributed by atoms with Crippen molar-refractivity contribution in [1.82, 2.24) is 5.32 Å². The quantitative estimate of drug-likeness (QED) is 0.636. The number of rotatable bonds is 5. The summed E-state index contributed by atoms with van der Waals surface area (Å²) in [5.74, 6) is 0.310. The SMILES string of the molecule is CC(C)CC(NC1CC1)C(N)=O. The predicted octanol–water partition coefficient (Wildman–Crippen LogP) is 0.638. The Morgan fingerprint density at radius 2 is 2.17 bits per heavy atom. The van der Waals surface area contributed by atoms with Crippen molar-refractivity contribution in [3.8, 4) is 0 Å². The van der Waals surface area contributed by atoms with Gasteiger partial charge in [-0.1, -0.05) is 13.8 Å². The lowest BCUT2D eigenvalue weighted by atomic mass is 10.0. The van der Waals surface area contributed by atoms with Gasteiger partial charge in [0.2, 0.25) is 5.91 Å². The molecule has 1 aliphatic rings. The van der Waals surface area contributed by atoms with Crippen LogP contribution in [0.4, 0.5) is 0 Å². The third-order valence-electron chi connectivity index (χ3n) is 2.06. The van der Waals surface area contributed by atoms with Crippen molar-refractivity contribution in [3.63, 3.8) is 0 Å². The molecule has 1 aliphatic carbocycles. The van der Waals surface area contributed by atoms with Crippen LogP contribution in [0.1, 0.15) is 33.1 Å². The first-order valence-corrected chi connectivity index (χ1v) is 4.65. The van der Waals surface area contributed by atoms with E-state index in [2.05, 4.69) is 19.2 Å². The zero-order chi connectivity index (χ0) is 9.14. The Hall–Kier alpha value is -0.570. The van der Waals surface area contributed by atoms with E-state index in [0.717, 1.165) is 6.42 Å². The topological polar surface area (TPSA) is 55.1 Å². The van der Waals surface area contributed by atoms with Crippen LogP contribution in [0.25, 0.3) is 0 Å². The summed E-state index contributed by atoms with van der Waals surface area (Å²) in [6, 6.07) is 0.443. The summed E-state index contributed by atoms with van der Waals surface area (Å²) in [6.07, 6.45) is 3.25. The minimum atomic E-state index is -0.212. The Kier molecular flexibility index (Phi) is 3.09. The van der Waals surface area contributed by atoms with Crippen LogP contribution in [0.15, 0.2) is 0 Å². The van der Waals surface area contributed by atoms with Gasteiger partial charge in [0.15, 0.2) is 0 Å². The molecule has 70 valence electrons. The summed E-state index contributed by atoms with van der Waals surface area (Å²) in [5.41, 5.74) is 5.26. The summed E-state index contributed by atoms with van der Waals surface area (Å²) in [4.78, 5) is 11.0. The zero-order valence-corrected chi connectivity index (χ0v) is 7.84. The average molecular weight is 170 g/mol. The lowest BCUT2D eigenvalue weighted by Crippen LogP contribution is -2.43. The summed E-state index contributed by atoms with van der Waals surface area (Å²) in [7, 11) is 0. The molecule has 1 unspecified atom stereocenters. The normalized spacial score (nSPS) is 19.6. The highest BCUT2D eigenvalue weighted by atomic mass is 16.1. The molecule has 3 nitrogen and oxygen atoms in total. The van der Waals surface area contributed by atoms with Crippen LogP contribution in [-0.2, 0) is 4.79 Å². The van der Waals surface area contributed by atoms with Crippen molar-refractivity contribution in [2.24, 2.45) is 11.7 Å². The molecule has 0 heterocycles. The molecule has 0 aromatic rings. The van der Waals surface area contributed by atoms with Gasteiger partial charge in [0.05, 0.1) is 6.04 Å². The number of hydrogen-bond donors (Lipinski definition) is 2. The van der Waals surface area contributed by atoms with Gasteiger partial charge in [0.25, 0.3) is 0 Å². The van der Waals surface area contributed by atoms with Gasteiger partial charge in [-0.25, -0.2) is 0 Å². The molecule has 3 heteroatoms. The maximum absolute atomic E-state index is 11.0. The number of primary amides is 1. The molecule has 1 fully saturated rings. The molecular formula is C9H18N2O. The third kappa shape index (κ3) is 3.22. The van der Waals surface area contributed by atoms with E-state index in [4.69, 9.17) is 5.73 Å². The number of amides is 1. The highest BCUT2D eigenvalue weighted by Gasteiger charge is 2.27. The van der Waals surface area contributed by atoms with Crippen LogP contribution in [0, 0.1) is 5.92 Å². The van der Waals surface area contributed by atoms with Gasteiger partial charge < -0.3 is 11.1 Å². The summed E-state index contributed by atoms with van der Waals surface area (Å²) < 4.78 is 0. The van der Waals surface area contributed by atoms with E-state index in [1.54, 1.807) is 0 Å². The van der Waals surface area contributed by atoms with E-state index < -0.39 is 0 Å². The fourth-order valence-corrected chi connectivity index (χ4v) is 1.27. The second-order valence-corrected chi connectivity index (χ2v) is 4.03. The Labute approximate surface area is 73.7 Å². The molecule has 1 rings (SSSR count). The molecule has 0 spiro atoms. The van der Waals surface area contributed by atoms with Crippen molar-refractivity contribution in [2.75, 3.05) is 0 Å². The molecule has 3 N–H and O–H groups in total. The molecule has 0 radical (unpaired) electrons. The molecule has 0 aromatic carbocycles. The standard InChI is InChI=1S/C9H18N2O/c1-6(2)5-8(9(10)12)11-7-3-4-7/h6-8,11H,3-5H2,1-2H3,(H2,10,12). The molecule has 0 aromatic heterocycles. The molecule has 0 saturated heterocycles. The van der Waals surface area contributed by atoms with Crippen LogP contribution in [0.2, 0.25) is 0 Å². The van der Waals surface area contributed by atoms with Crippen LogP contribution in [-0.4, -0.2) is 18.0 Å². The molecule has 1 saturated carbocycles. The van der Waals surface area contributed by atoms with Crippen LogP contribution >= 0.6 is 0 Å². The number of hydrogen-bond acceptors (Lipinski definition) is 2. The molecule has 0 aliphatic heterocycles. The highest BCUT2D eigenvalue weighted by molar-refractivity contribution is 5.79. The van der Waals surface area contributed by atoms with Crippen molar-refractivity contribution in [1.29, 1.82) is 0 Å². The van der Waals surface area contributed by atoms with E-state index in [0.29, 0.717) is 12.0 Å². The molecule has 1 amide bonds. The van der Waals surface area contributed by atoms with Crippen molar-refractivity contribution >= 4 is 5.91 Å². The smallest absolute Gasteiger partial charge is 0.234 e. The van der Waals surface area contributed by atoms with Crippen molar-refractivity contribution in [2.45, 2.75) is 45.2 Å². The van der Waals surface area contributed by atoms with E-state index >= 15 is 0 Å². The largest absolute Gasteiger partial charge is 0.368 e. The third-order valence-corrected chi connectivity index (χ3v) is 2.06. The lowest BCUT2D eigenvalue weighted by Gasteiger charge is -2.16. The van der Waals surface area contributed by atoms with Gasteiger partial charge in [-0.3, -0.25) is 4.79 Å². The number of carbonyl (C=O) groups is 1. The van der Waals surface area contributed by atoms with Crippen molar-refractivity contribution < 1.29 is 4.79 Å². The Bertz CT molecular complexity index is 160. The fraction of sp³-hybridized carbons (Fsp3) is 0.889. The average Bonchev–Trinajstić information content (AvgIpc) is 2.68. The second kappa shape index (κ2) is 3.90. The lowest BCUT2D eigenvalue weighted by molar-refractivity contribution is -0.120. The minimum Gasteiger partial charge on any atom is -0.368 e. The van der Waals surface area contributed by atoms with Crippen LogP contribution < -0.4 is 11.1 Å². The maximum atomic E-state index is 11.0. The monoisotopic (exact) mass is 170 g/mol. The Morgan fingerprint density at radius 3 is 2.50 bits per heavy atom. The first-order valence-electron chi connectivity index (χ1n) is 4.65. The molecule has 1 atom stereocenters. The van der Waals surface area contributed by atoms with Crippen LogP contribution in [0.3, 0.4) is 0 Å². The van der Waals surface area contributed by atoms with E-state index in [1.807, 2.05) is 0 Å². The first-order chi connectivity index (χ1) is 5.59. The number of carbonyl (C=O) groups excluding carboxylic acids is 1. The van der Waals surface area contributed by atoms with Crippen molar-refractivity contribution in [3.05, 3.63) is 0 Å². The molecular weight excluding hydrogens is 152 g/mol. The number of nitrogens with one attached hydrogen (secondary N) is 1. The summed E-state index contributed by atoms with van der Waals surface area (Å²) in [5, 5.41) is 3.25. The van der Waals surface area contributed by atoms with Gasteiger partial charge in [-0.05, 0) is 25.2 Å². The number of nitrogens with two attached hydrogens (primary N) is 1. The zero-order valence-electron chi connectivity index (χ0n) is 7.84.